The van der Waals surface area contributed by atoms with Gasteiger partial charge in [-0.25, -0.2) is 4.98 Å². The van der Waals surface area contributed by atoms with Crippen LogP contribution >= 0.6 is 0 Å². The second-order valence-corrected chi connectivity index (χ2v) is 8.91. The monoisotopic (exact) mass is 438 g/mol. The van der Waals surface area contributed by atoms with Crippen molar-refractivity contribution in [3.8, 4) is 5.75 Å². The molecule has 5 rings (SSSR count). The smallest absolute Gasteiger partial charge is 0.253 e. The average Bonchev–Trinajstić information content (AvgIpc) is 3.34. The number of methoxy groups -OCH3 is 1. The third-order valence-electron chi connectivity index (χ3n) is 6.99. The number of ether oxygens (including phenoxy) is 2. The number of carbonyl (C=O) groups excluding carboxylic acids is 2. The maximum Gasteiger partial charge on any atom is 0.253 e. The van der Waals surface area contributed by atoms with Gasteiger partial charge in [-0.15, -0.1) is 0 Å². The van der Waals surface area contributed by atoms with E-state index >= 15 is 0 Å². The molecule has 1 aromatic heterocycles. The second-order valence-electron chi connectivity index (χ2n) is 8.91. The van der Waals surface area contributed by atoms with E-state index in [2.05, 4.69) is 9.55 Å². The van der Waals surface area contributed by atoms with E-state index in [9.17, 15) is 9.59 Å². The Hall–Kier alpha value is -2.87. The number of imidazole rings is 1. The first-order chi connectivity index (χ1) is 15.6. The van der Waals surface area contributed by atoms with Crippen LogP contribution in [0, 0.1) is 0 Å². The van der Waals surface area contributed by atoms with Crippen molar-refractivity contribution in [3.05, 3.63) is 48.0 Å². The van der Waals surface area contributed by atoms with Gasteiger partial charge >= 0.3 is 0 Å². The first kappa shape index (κ1) is 21.0. The molecular formula is C24H30N4O4. The zero-order valence-corrected chi connectivity index (χ0v) is 18.5. The molecule has 170 valence electrons. The molecule has 32 heavy (non-hydrogen) atoms. The predicted octanol–water partition coefficient (Wildman–Crippen LogP) is 2.43. The Labute approximate surface area is 188 Å². The summed E-state index contributed by atoms with van der Waals surface area (Å²) in [5.74, 6) is 1.69. The normalized spacial score (nSPS) is 22.5. The van der Waals surface area contributed by atoms with Gasteiger partial charge in [-0.2, -0.15) is 0 Å². The van der Waals surface area contributed by atoms with Gasteiger partial charge in [-0.1, -0.05) is 0 Å². The summed E-state index contributed by atoms with van der Waals surface area (Å²) in [5, 5.41) is 0. The minimum atomic E-state index is -0.630. The third-order valence-corrected chi connectivity index (χ3v) is 6.99. The standard InChI is InChI=1S/C24H30N4O4/c1-31-19-7-5-18(6-8-19)21(29)27-14-9-24(10-15-27)23-25-11-16-28(23)17-20(32-24)22(30)26-12-3-2-4-13-26/h5-8,11,16,20H,2-4,9-10,12-15,17H2,1H3. The average molecular weight is 439 g/mol. The Morgan fingerprint density at radius 1 is 1.03 bits per heavy atom. The molecule has 4 heterocycles. The van der Waals surface area contributed by atoms with Crippen molar-refractivity contribution in [1.82, 2.24) is 19.4 Å². The van der Waals surface area contributed by atoms with Crippen LogP contribution in [-0.2, 0) is 21.7 Å². The number of hydrogen-bond donors (Lipinski definition) is 0. The molecule has 1 unspecified atom stereocenters. The molecule has 1 aromatic carbocycles. The summed E-state index contributed by atoms with van der Waals surface area (Å²) in [6.45, 7) is 3.24. The lowest BCUT2D eigenvalue weighted by Gasteiger charge is -2.46. The molecule has 3 aliphatic heterocycles. The lowest BCUT2D eigenvalue weighted by atomic mass is 9.88. The van der Waals surface area contributed by atoms with Gasteiger partial charge in [-0.05, 0) is 43.5 Å². The maximum atomic E-state index is 13.2. The van der Waals surface area contributed by atoms with Crippen LogP contribution in [0.5, 0.6) is 5.75 Å². The van der Waals surface area contributed by atoms with E-state index in [0.29, 0.717) is 38.0 Å². The topological polar surface area (TPSA) is 76.9 Å². The summed E-state index contributed by atoms with van der Waals surface area (Å²) < 4.78 is 13.8. The zero-order chi connectivity index (χ0) is 22.1. The number of nitrogens with zero attached hydrogens (tertiary/aromatic N) is 4. The summed E-state index contributed by atoms with van der Waals surface area (Å²) in [7, 11) is 1.61. The lowest BCUT2D eigenvalue weighted by Crippen LogP contribution is -2.55. The Morgan fingerprint density at radius 2 is 1.75 bits per heavy atom. The minimum absolute atomic E-state index is 0.00241. The quantitative estimate of drug-likeness (QED) is 0.736. The first-order valence-corrected chi connectivity index (χ1v) is 11.5. The van der Waals surface area contributed by atoms with Gasteiger partial charge in [0.2, 0.25) is 0 Å². The molecule has 2 saturated heterocycles. The van der Waals surface area contributed by atoms with Gasteiger partial charge < -0.3 is 23.8 Å². The van der Waals surface area contributed by atoms with E-state index < -0.39 is 11.7 Å². The fraction of sp³-hybridized carbons (Fsp3) is 0.542. The number of hydrogen-bond acceptors (Lipinski definition) is 5. The molecule has 8 nitrogen and oxygen atoms in total. The molecule has 0 aliphatic carbocycles. The minimum Gasteiger partial charge on any atom is -0.497 e. The highest BCUT2D eigenvalue weighted by atomic mass is 16.5. The predicted molar refractivity (Wildman–Crippen MR) is 117 cm³/mol. The Balaban J connectivity index is 1.31. The largest absolute Gasteiger partial charge is 0.497 e. The number of benzene rings is 1. The maximum absolute atomic E-state index is 13.2. The summed E-state index contributed by atoms with van der Waals surface area (Å²) in [4.78, 5) is 34.6. The van der Waals surface area contributed by atoms with E-state index in [0.717, 1.165) is 37.5 Å². The number of aromatic nitrogens is 2. The molecule has 3 aliphatic rings. The van der Waals surface area contributed by atoms with Crippen LogP contribution in [0.25, 0.3) is 0 Å². The molecular weight excluding hydrogens is 408 g/mol. The van der Waals surface area contributed by atoms with Crippen molar-refractivity contribution in [3.63, 3.8) is 0 Å². The molecule has 8 heteroatoms. The van der Waals surface area contributed by atoms with Gasteiger partial charge in [0.25, 0.3) is 11.8 Å². The number of amides is 2. The molecule has 0 N–H and O–H groups in total. The number of carbonyl (C=O) groups is 2. The lowest BCUT2D eigenvalue weighted by molar-refractivity contribution is -0.180. The second kappa shape index (κ2) is 8.58. The van der Waals surface area contributed by atoms with Gasteiger partial charge in [0.15, 0.2) is 6.10 Å². The molecule has 2 fully saturated rings. The van der Waals surface area contributed by atoms with E-state index in [4.69, 9.17) is 9.47 Å². The van der Waals surface area contributed by atoms with Crippen LogP contribution in [-0.4, -0.2) is 70.6 Å². The molecule has 0 bridgehead atoms. The van der Waals surface area contributed by atoms with Crippen LogP contribution in [0.1, 0.15) is 48.3 Å². The van der Waals surface area contributed by atoms with E-state index in [-0.39, 0.29) is 11.8 Å². The van der Waals surface area contributed by atoms with E-state index in [1.54, 1.807) is 37.6 Å². The van der Waals surface area contributed by atoms with E-state index in [1.165, 1.54) is 6.42 Å². The summed E-state index contributed by atoms with van der Waals surface area (Å²) >= 11 is 0. The van der Waals surface area contributed by atoms with Gasteiger partial charge in [0, 0.05) is 57.0 Å². The van der Waals surface area contributed by atoms with Crippen LogP contribution in [0.3, 0.4) is 0 Å². The molecule has 1 atom stereocenters. The number of piperidine rings is 2. The summed E-state index contributed by atoms with van der Waals surface area (Å²) in [6, 6.07) is 7.19. The van der Waals surface area contributed by atoms with Crippen molar-refractivity contribution in [2.45, 2.75) is 50.4 Å². The Bertz CT molecular complexity index is 972. The van der Waals surface area contributed by atoms with Crippen molar-refractivity contribution in [2.75, 3.05) is 33.3 Å². The van der Waals surface area contributed by atoms with Gasteiger partial charge in [0.1, 0.15) is 17.2 Å². The van der Waals surface area contributed by atoms with Crippen molar-refractivity contribution in [2.24, 2.45) is 0 Å². The molecule has 2 amide bonds. The number of likely N-dealkylation sites (tertiary alicyclic amines) is 2. The molecule has 2 aromatic rings. The number of rotatable bonds is 3. The van der Waals surface area contributed by atoms with Crippen LogP contribution in [0.2, 0.25) is 0 Å². The first-order valence-electron chi connectivity index (χ1n) is 11.5. The summed E-state index contributed by atoms with van der Waals surface area (Å²) in [6.07, 6.45) is 7.76. The van der Waals surface area contributed by atoms with Gasteiger partial charge in [-0.3, -0.25) is 9.59 Å². The highest BCUT2D eigenvalue weighted by Crippen LogP contribution is 2.40. The zero-order valence-electron chi connectivity index (χ0n) is 18.5. The fourth-order valence-corrected chi connectivity index (χ4v) is 5.17. The van der Waals surface area contributed by atoms with Crippen molar-refractivity contribution < 1.29 is 19.1 Å². The highest BCUT2D eigenvalue weighted by molar-refractivity contribution is 5.94. The van der Waals surface area contributed by atoms with Gasteiger partial charge in [0.05, 0.1) is 13.7 Å². The Morgan fingerprint density at radius 3 is 2.44 bits per heavy atom. The highest BCUT2D eigenvalue weighted by Gasteiger charge is 2.48. The third kappa shape index (κ3) is 3.77. The van der Waals surface area contributed by atoms with Crippen molar-refractivity contribution in [1.29, 1.82) is 0 Å². The summed E-state index contributed by atoms with van der Waals surface area (Å²) in [5.41, 5.74) is 0.0140. The van der Waals surface area contributed by atoms with Crippen molar-refractivity contribution >= 4 is 11.8 Å². The SMILES string of the molecule is COc1ccc(C(=O)N2CCC3(CC2)OC(C(=O)N2CCCCC2)Cn2ccnc23)cc1. The molecule has 1 spiro atoms. The Kier molecular flexibility index (Phi) is 5.63. The number of fused-ring (bicyclic) bond motifs is 2. The van der Waals surface area contributed by atoms with Crippen LogP contribution < -0.4 is 4.74 Å². The van der Waals surface area contributed by atoms with Crippen LogP contribution in [0.4, 0.5) is 0 Å². The molecule has 0 saturated carbocycles. The van der Waals surface area contributed by atoms with E-state index in [1.807, 2.05) is 16.0 Å². The molecule has 0 radical (unpaired) electrons. The fourth-order valence-electron chi connectivity index (χ4n) is 5.17. The van der Waals surface area contributed by atoms with Crippen LogP contribution in [0.15, 0.2) is 36.7 Å².